The van der Waals surface area contributed by atoms with E-state index in [9.17, 15) is 4.39 Å². The third-order valence-electron chi connectivity index (χ3n) is 5.28. The van der Waals surface area contributed by atoms with Crippen molar-refractivity contribution >= 4 is 0 Å². The standard InChI is InChI=1S/C19H19FO/c20-16-10-8-14(9-11-16)18-17-7-4-12-19(17,13-21-18)15-5-2-1-3-6-15/h1-3,5-6,8-11,17-18H,4,7,12-13H2/t17-,18-,19+/m0/s1. The molecule has 0 aromatic heterocycles. The highest BCUT2D eigenvalue weighted by atomic mass is 19.1. The summed E-state index contributed by atoms with van der Waals surface area (Å²) < 4.78 is 19.3. The van der Waals surface area contributed by atoms with Crippen LogP contribution in [0.3, 0.4) is 0 Å². The van der Waals surface area contributed by atoms with Gasteiger partial charge in [0.05, 0.1) is 12.7 Å². The fraction of sp³-hybridized carbons (Fsp3) is 0.368. The molecule has 0 spiro atoms. The molecular formula is C19H19FO. The lowest BCUT2D eigenvalue weighted by Crippen LogP contribution is -2.30. The fourth-order valence-electron chi connectivity index (χ4n) is 4.27. The second kappa shape index (κ2) is 4.96. The van der Waals surface area contributed by atoms with E-state index in [0.29, 0.717) is 5.92 Å². The smallest absolute Gasteiger partial charge is 0.123 e. The molecule has 1 saturated heterocycles. The van der Waals surface area contributed by atoms with Crippen LogP contribution in [0.15, 0.2) is 54.6 Å². The highest BCUT2D eigenvalue weighted by molar-refractivity contribution is 5.33. The number of fused-ring (bicyclic) bond motifs is 1. The fourth-order valence-corrected chi connectivity index (χ4v) is 4.27. The molecule has 1 saturated carbocycles. The summed E-state index contributed by atoms with van der Waals surface area (Å²) in [7, 11) is 0. The average molecular weight is 282 g/mol. The lowest BCUT2D eigenvalue weighted by atomic mass is 9.72. The first-order chi connectivity index (χ1) is 10.3. The molecular weight excluding hydrogens is 263 g/mol. The zero-order valence-electron chi connectivity index (χ0n) is 12.0. The van der Waals surface area contributed by atoms with Crippen molar-refractivity contribution in [3.05, 3.63) is 71.5 Å². The van der Waals surface area contributed by atoms with Crippen LogP contribution in [0.4, 0.5) is 4.39 Å². The van der Waals surface area contributed by atoms with Crippen LogP contribution in [0.2, 0.25) is 0 Å². The largest absolute Gasteiger partial charge is 0.372 e. The van der Waals surface area contributed by atoms with Crippen LogP contribution in [-0.2, 0) is 10.2 Å². The Hall–Kier alpha value is -1.67. The van der Waals surface area contributed by atoms with Crippen LogP contribution in [0.5, 0.6) is 0 Å². The molecule has 0 bridgehead atoms. The van der Waals surface area contributed by atoms with Gasteiger partial charge in [-0.15, -0.1) is 0 Å². The molecule has 1 aliphatic carbocycles. The van der Waals surface area contributed by atoms with Gasteiger partial charge in [-0.2, -0.15) is 0 Å². The van der Waals surface area contributed by atoms with Gasteiger partial charge in [0, 0.05) is 11.3 Å². The predicted molar refractivity (Wildman–Crippen MR) is 80.6 cm³/mol. The Kier molecular flexibility index (Phi) is 3.07. The molecule has 2 fully saturated rings. The van der Waals surface area contributed by atoms with Crippen molar-refractivity contribution in [2.75, 3.05) is 6.61 Å². The summed E-state index contributed by atoms with van der Waals surface area (Å²) in [4.78, 5) is 0. The van der Waals surface area contributed by atoms with Crippen LogP contribution in [0.1, 0.15) is 36.5 Å². The zero-order chi connectivity index (χ0) is 14.3. The molecule has 2 heteroatoms. The summed E-state index contributed by atoms with van der Waals surface area (Å²) in [5.74, 6) is 0.322. The van der Waals surface area contributed by atoms with Gasteiger partial charge in [-0.3, -0.25) is 0 Å². The van der Waals surface area contributed by atoms with Crippen molar-refractivity contribution in [2.24, 2.45) is 5.92 Å². The van der Waals surface area contributed by atoms with E-state index in [0.717, 1.165) is 12.2 Å². The number of halogens is 1. The second-order valence-electron chi connectivity index (χ2n) is 6.30. The molecule has 3 atom stereocenters. The van der Waals surface area contributed by atoms with E-state index in [1.165, 1.54) is 37.0 Å². The van der Waals surface area contributed by atoms with E-state index in [-0.39, 0.29) is 17.3 Å². The summed E-state index contributed by atoms with van der Waals surface area (Å²) in [5, 5.41) is 0. The Labute approximate surface area is 124 Å². The highest BCUT2D eigenvalue weighted by Gasteiger charge is 2.53. The lowest BCUT2D eigenvalue weighted by Gasteiger charge is -2.29. The molecule has 4 rings (SSSR count). The van der Waals surface area contributed by atoms with Crippen LogP contribution < -0.4 is 0 Å². The third kappa shape index (κ3) is 2.01. The van der Waals surface area contributed by atoms with Crippen LogP contribution in [0, 0.1) is 11.7 Å². The number of benzene rings is 2. The molecule has 2 aliphatic rings. The van der Waals surface area contributed by atoms with Crippen LogP contribution in [0.25, 0.3) is 0 Å². The molecule has 2 aromatic rings. The van der Waals surface area contributed by atoms with Gasteiger partial charge in [0.2, 0.25) is 0 Å². The zero-order valence-corrected chi connectivity index (χ0v) is 12.0. The number of ether oxygens (including phenoxy) is 1. The molecule has 0 radical (unpaired) electrons. The van der Waals surface area contributed by atoms with Crippen LogP contribution in [-0.4, -0.2) is 6.61 Å². The topological polar surface area (TPSA) is 9.23 Å². The van der Waals surface area contributed by atoms with Crippen molar-refractivity contribution in [1.82, 2.24) is 0 Å². The van der Waals surface area contributed by atoms with Crippen molar-refractivity contribution in [3.8, 4) is 0 Å². The average Bonchev–Trinajstić information content (AvgIpc) is 3.09. The molecule has 108 valence electrons. The third-order valence-corrected chi connectivity index (χ3v) is 5.28. The van der Waals surface area contributed by atoms with E-state index in [2.05, 4.69) is 30.3 Å². The van der Waals surface area contributed by atoms with E-state index in [1.54, 1.807) is 0 Å². The number of hydrogen-bond donors (Lipinski definition) is 0. The maximum absolute atomic E-state index is 13.1. The van der Waals surface area contributed by atoms with Crippen molar-refractivity contribution in [2.45, 2.75) is 30.8 Å². The molecule has 0 N–H and O–H groups in total. The van der Waals surface area contributed by atoms with Gasteiger partial charge in [0.25, 0.3) is 0 Å². The van der Waals surface area contributed by atoms with Crippen LogP contribution >= 0.6 is 0 Å². The molecule has 0 amide bonds. The predicted octanol–water partition coefficient (Wildman–Crippen LogP) is 4.64. The van der Waals surface area contributed by atoms with E-state index < -0.39 is 0 Å². The van der Waals surface area contributed by atoms with E-state index >= 15 is 0 Å². The number of hydrogen-bond acceptors (Lipinski definition) is 1. The van der Waals surface area contributed by atoms with Gasteiger partial charge in [-0.1, -0.05) is 48.9 Å². The Morgan fingerprint density at radius 3 is 2.52 bits per heavy atom. The highest BCUT2D eigenvalue weighted by Crippen LogP contribution is 2.56. The molecule has 1 nitrogen and oxygen atoms in total. The molecule has 21 heavy (non-hydrogen) atoms. The maximum Gasteiger partial charge on any atom is 0.123 e. The Balaban J connectivity index is 1.71. The van der Waals surface area contributed by atoms with E-state index in [1.807, 2.05) is 12.1 Å². The first-order valence-electron chi connectivity index (χ1n) is 7.72. The number of rotatable bonds is 2. The first kappa shape index (κ1) is 13.0. The normalized spacial score (nSPS) is 31.3. The second-order valence-corrected chi connectivity index (χ2v) is 6.30. The molecule has 1 heterocycles. The van der Waals surface area contributed by atoms with Crippen molar-refractivity contribution in [3.63, 3.8) is 0 Å². The summed E-state index contributed by atoms with van der Waals surface area (Å²) in [6, 6.07) is 17.6. The minimum Gasteiger partial charge on any atom is -0.372 e. The Bertz CT molecular complexity index is 622. The lowest BCUT2D eigenvalue weighted by molar-refractivity contribution is 0.0845. The van der Waals surface area contributed by atoms with Gasteiger partial charge in [-0.25, -0.2) is 4.39 Å². The summed E-state index contributed by atoms with van der Waals surface area (Å²) >= 11 is 0. The maximum atomic E-state index is 13.1. The minimum absolute atomic E-state index is 0.105. The van der Waals surface area contributed by atoms with Gasteiger partial charge in [0.15, 0.2) is 0 Å². The Morgan fingerprint density at radius 2 is 1.76 bits per heavy atom. The molecule has 2 aromatic carbocycles. The van der Waals surface area contributed by atoms with E-state index in [4.69, 9.17) is 4.74 Å². The van der Waals surface area contributed by atoms with Gasteiger partial charge >= 0.3 is 0 Å². The molecule has 1 aliphatic heterocycles. The Morgan fingerprint density at radius 1 is 1.00 bits per heavy atom. The quantitative estimate of drug-likeness (QED) is 0.780. The monoisotopic (exact) mass is 282 g/mol. The SMILES string of the molecule is Fc1ccc([C@@H]2OC[C@@]3(c4ccccc4)CCC[C@@H]23)cc1. The summed E-state index contributed by atoms with van der Waals surface area (Å²) in [6.45, 7) is 0.781. The van der Waals surface area contributed by atoms with Crippen molar-refractivity contribution in [1.29, 1.82) is 0 Å². The minimum atomic E-state index is -0.183. The summed E-state index contributed by atoms with van der Waals surface area (Å²) in [6.07, 6.45) is 3.74. The van der Waals surface area contributed by atoms with Gasteiger partial charge < -0.3 is 4.74 Å². The van der Waals surface area contributed by atoms with Crippen molar-refractivity contribution < 1.29 is 9.13 Å². The van der Waals surface area contributed by atoms with Gasteiger partial charge in [0.1, 0.15) is 5.82 Å². The first-order valence-corrected chi connectivity index (χ1v) is 7.72. The van der Waals surface area contributed by atoms with Gasteiger partial charge in [-0.05, 0) is 36.1 Å². The summed E-state index contributed by atoms with van der Waals surface area (Å²) in [5.41, 5.74) is 2.67. The molecule has 0 unspecified atom stereocenters.